The number of hydrogen-bond donors (Lipinski definition) is 0. The van der Waals surface area contributed by atoms with E-state index in [2.05, 4.69) is 0 Å². The molecule has 0 fully saturated rings. The Morgan fingerprint density at radius 1 is 1.15 bits per heavy atom. The van der Waals surface area contributed by atoms with Crippen LogP contribution in [0.2, 0.25) is 0 Å². The van der Waals surface area contributed by atoms with Crippen LogP contribution in [0.15, 0.2) is 59.8 Å². The summed E-state index contributed by atoms with van der Waals surface area (Å²) >= 11 is 0. The zero-order valence-corrected chi connectivity index (χ0v) is 17.9. The first-order chi connectivity index (χ1) is 15.6. The third-order valence-electron chi connectivity index (χ3n) is 6.17. The lowest BCUT2D eigenvalue weighted by Crippen LogP contribution is -2.58. The first kappa shape index (κ1) is 21.3. The van der Waals surface area contributed by atoms with Gasteiger partial charge in [0.15, 0.2) is 6.23 Å². The Labute approximate surface area is 187 Å². The number of likely N-dealkylation sites (N-methyl/N-ethyl adjacent to an activating group) is 1. The van der Waals surface area contributed by atoms with E-state index < -0.39 is 41.2 Å². The molecule has 2 aromatic rings. The SMILES string of the molecule is COC(=O)C1=C(C(F)(F)F)N2c3ccc(C)cc3C=C[C@H]2O[C@]12C(=O)N(C)c1ccccc12. The molecule has 0 saturated carbocycles. The van der Waals surface area contributed by atoms with E-state index in [-0.39, 0.29) is 11.3 Å². The molecule has 6 nitrogen and oxygen atoms in total. The van der Waals surface area contributed by atoms with Gasteiger partial charge in [-0.3, -0.25) is 4.79 Å². The number of hydrogen-bond acceptors (Lipinski definition) is 5. The smallest absolute Gasteiger partial charge is 0.432 e. The molecule has 170 valence electrons. The number of aryl methyl sites for hydroxylation is 1. The predicted octanol–water partition coefficient (Wildman–Crippen LogP) is 4.05. The number of rotatable bonds is 1. The second-order valence-electron chi connectivity index (χ2n) is 8.08. The quantitative estimate of drug-likeness (QED) is 0.607. The number of halogens is 3. The number of nitrogens with zero attached hydrogens (tertiary/aromatic N) is 2. The molecule has 0 N–H and O–H groups in total. The van der Waals surface area contributed by atoms with Gasteiger partial charge in [0.2, 0.25) is 5.60 Å². The number of fused-ring (bicyclic) bond motifs is 5. The zero-order valence-electron chi connectivity index (χ0n) is 17.9. The Morgan fingerprint density at radius 2 is 1.88 bits per heavy atom. The molecule has 0 saturated heterocycles. The molecule has 3 aliphatic heterocycles. The molecular formula is C24H19F3N2O4. The summed E-state index contributed by atoms with van der Waals surface area (Å²) in [5, 5.41) is 0. The van der Waals surface area contributed by atoms with Crippen molar-refractivity contribution < 1.29 is 32.2 Å². The number of anilines is 2. The zero-order chi connectivity index (χ0) is 23.7. The molecule has 9 heteroatoms. The van der Waals surface area contributed by atoms with Gasteiger partial charge in [-0.15, -0.1) is 0 Å². The molecular weight excluding hydrogens is 437 g/mol. The van der Waals surface area contributed by atoms with Crippen LogP contribution in [0, 0.1) is 6.92 Å². The molecule has 0 unspecified atom stereocenters. The number of carbonyl (C=O) groups excluding carboxylic acids is 2. The largest absolute Gasteiger partial charge is 0.466 e. The second kappa shape index (κ2) is 6.95. The minimum absolute atomic E-state index is 0.155. The summed E-state index contributed by atoms with van der Waals surface area (Å²) in [5.74, 6) is -2.09. The Bertz CT molecular complexity index is 1270. The van der Waals surface area contributed by atoms with E-state index in [0.29, 0.717) is 11.3 Å². The van der Waals surface area contributed by atoms with Gasteiger partial charge in [0, 0.05) is 12.6 Å². The number of ether oxygens (including phenoxy) is 2. The van der Waals surface area contributed by atoms with Crippen LogP contribution in [0.1, 0.15) is 16.7 Å². The predicted molar refractivity (Wildman–Crippen MR) is 114 cm³/mol. The fourth-order valence-corrected chi connectivity index (χ4v) is 4.80. The van der Waals surface area contributed by atoms with Crippen LogP contribution in [0.4, 0.5) is 24.5 Å². The lowest BCUT2D eigenvalue weighted by Gasteiger charge is -2.47. The maximum Gasteiger partial charge on any atom is 0.432 e. The molecule has 0 radical (unpaired) electrons. The highest BCUT2D eigenvalue weighted by Crippen LogP contribution is 2.55. The monoisotopic (exact) mass is 456 g/mol. The fourth-order valence-electron chi connectivity index (χ4n) is 4.80. The van der Waals surface area contributed by atoms with Crippen LogP contribution in [-0.4, -0.2) is 38.4 Å². The minimum Gasteiger partial charge on any atom is -0.466 e. The molecule has 1 spiro atoms. The van der Waals surface area contributed by atoms with Crippen molar-refractivity contribution >= 4 is 29.3 Å². The number of alkyl halides is 3. The molecule has 3 heterocycles. The lowest BCUT2D eigenvalue weighted by atomic mass is 9.82. The average molecular weight is 456 g/mol. The van der Waals surface area contributed by atoms with Gasteiger partial charge in [0.25, 0.3) is 5.91 Å². The van der Waals surface area contributed by atoms with E-state index in [1.807, 2.05) is 6.92 Å². The number of esters is 1. The number of benzene rings is 2. The van der Waals surface area contributed by atoms with Crippen molar-refractivity contribution in [3.05, 3.63) is 76.5 Å². The molecule has 0 aliphatic carbocycles. The highest BCUT2D eigenvalue weighted by Gasteiger charge is 2.65. The van der Waals surface area contributed by atoms with Crippen molar-refractivity contribution in [3.63, 3.8) is 0 Å². The molecule has 0 aromatic heterocycles. The average Bonchev–Trinajstić information content (AvgIpc) is 2.99. The van der Waals surface area contributed by atoms with Crippen molar-refractivity contribution in [1.29, 1.82) is 0 Å². The second-order valence-corrected chi connectivity index (χ2v) is 8.08. The molecule has 5 rings (SSSR count). The normalized spacial score (nSPS) is 23.6. The maximum absolute atomic E-state index is 14.8. The van der Waals surface area contributed by atoms with Gasteiger partial charge >= 0.3 is 12.1 Å². The molecule has 2 atom stereocenters. The van der Waals surface area contributed by atoms with Crippen molar-refractivity contribution in [2.24, 2.45) is 0 Å². The van der Waals surface area contributed by atoms with Gasteiger partial charge in [-0.25, -0.2) is 4.79 Å². The summed E-state index contributed by atoms with van der Waals surface area (Å²) in [6, 6.07) is 11.3. The summed E-state index contributed by atoms with van der Waals surface area (Å²) < 4.78 is 55.3. The third kappa shape index (κ3) is 2.78. The third-order valence-corrected chi connectivity index (χ3v) is 6.17. The highest BCUT2D eigenvalue weighted by atomic mass is 19.4. The molecule has 3 aliphatic rings. The number of para-hydroxylation sites is 1. The fraction of sp³-hybridized carbons (Fsp3) is 0.250. The summed E-state index contributed by atoms with van der Waals surface area (Å²) in [4.78, 5) is 28.7. The Morgan fingerprint density at radius 3 is 2.58 bits per heavy atom. The van der Waals surface area contributed by atoms with Gasteiger partial charge in [0.1, 0.15) is 11.3 Å². The molecule has 0 bridgehead atoms. The summed E-state index contributed by atoms with van der Waals surface area (Å²) in [5.41, 5.74) is -2.36. The maximum atomic E-state index is 14.8. The molecule has 2 aromatic carbocycles. The van der Waals surface area contributed by atoms with Crippen molar-refractivity contribution in [3.8, 4) is 0 Å². The van der Waals surface area contributed by atoms with Crippen LogP contribution in [0.3, 0.4) is 0 Å². The number of carbonyl (C=O) groups is 2. The van der Waals surface area contributed by atoms with Gasteiger partial charge in [-0.2, -0.15) is 13.2 Å². The summed E-state index contributed by atoms with van der Waals surface area (Å²) in [6.45, 7) is 1.83. The summed E-state index contributed by atoms with van der Waals surface area (Å²) in [6.07, 6.45) is -3.17. The van der Waals surface area contributed by atoms with E-state index in [4.69, 9.17) is 9.47 Å². The highest BCUT2D eigenvalue weighted by molar-refractivity contribution is 6.15. The first-order valence-electron chi connectivity index (χ1n) is 10.1. The van der Waals surface area contributed by atoms with E-state index >= 15 is 0 Å². The Balaban J connectivity index is 1.90. The van der Waals surface area contributed by atoms with E-state index in [1.165, 1.54) is 24.1 Å². The van der Waals surface area contributed by atoms with Gasteiger partial charge in [-0.1, -0.05) is 35.9 Å². The molecule has 33 heavy (non-hydrogen) atoms. The first-order valence-corrected chi connectivity index (χ1v) is 10.1. The number of allylic oxidation sites excluding steroid dienone is 1. The van der Waals surface area contributed by atoms with Crippen molar-refractivity contribution in [1.82, 2.24) is 0 Å². The minimum atomic E-state index is -5.00. The Hall–Kier alpha value is -3.59. The van der Waals surface area contributed by atoms with E-state index in [9.17, 15) is 22.8 Å². The topological polar surface area (TPSA) is 59.1 Å². The standard InChI is InChI=1S/C24H19F3N2O4/c1-13-8-10-16-14(12-13)9-11-18-29(16)20(24(25,26)27)19(21(30)32-3)23(33-18)15-6-4-5-7-17(15)28(2)22(23)31/h4-12,18H,1-3H3/t18-,23+/m1/s1. The van der Waals surface area contributed by atoms with E-state index in [0.717, 1.165) is 17.6 Å². The van der Waals surface area contributed by atoms with Gasteiger partial charge < -0.3 is 19.3 Å². The van der Waals surface area contributed by atoms with Crippen molar-refractivity contribution in [2.45, 2.75) is 24.9 Å². The molecule has 1 amide bonds. The van der Waals surface area contributed by atoms with Crippen LogP contribution >= 0.6 is 0 Å². The van der Waals surface area contributed by atoms with E-state index in [1.54, 1.807) is 42.5 Å². The summed E-state index contributed by atoms with van der Waals surface area (Å²) in [7, 11) is 2.41. The van der Waals surface area contributed by atoms with Crippen LogP contribution < -0.4 is 9.80 Å². The van der Waals surface area contributed by atoms with Crippen LogP contribution in [0.5, 0.6) is 0 Å². The van der Waals surface area contributed by atoms with Crippen LogP contribution in [-0.2, 0) is 24.7 Å². The number of methoxy groups -OCH3 is 1. The van der Waals surface area contributed by atoms with Crippen LogP contribution in [0.25, 0.3) is 6.08 Å². The number of amides is 1. The lowest BCUT2D eigenvalue weighted by molar-refractivity contribution is -0.160. The van der Waals surface area contributed by atoms with Gasteiger partial charge in [0.05, 0.1) is 18.5 Å². The van der Waals surface area contributed by atoms with Crippen molar-refractivity contribution in [2.75, 3.05) is 24.0 Å². The Kier molecular flexibility index (Phi) is 4.48. The van der Waals surface area contributed by atoms with Gasteiger partial charge in [-0.05, 0) is 36.8 Å².